The van der Waals surface area contributed by atoms with Crippen LogP contribution < -0.4 is 4.90 Å². The van der Waals surface area contributed by atoms with Gasteiger partial charge in [0.05, 0.1) is 11.6 Å². The van der Waals surface area contributed by atoms with Crippen molar-refractivity contribution in [3.8, 4) is 0 Å². The largest absolute Gasteiger partial charge is 0.274 e. The second-order valence-electron chi connectivity index (χ2n) is 4.86. The smallest absolute Gasteiger partial charge is 0.237 e. The third-order valence-electron chi connectivity index (χ3n) is 3.49. The summed E-state index contributed by atoms with van der Waals surface area (Å²) in [4.78, 5) is 29.7. The minimum atomic E-state index is -0.273. The number of imide groups is 1. The van der Waals surface area contributed by atoms with E-state index in [0.717, 1.165) is 5.56 Å². The van der Waals surface area contributed by atoms with Gasteiger partial charge in [-0.15, -0.1) is 0 Å². The van der Waals surface area contributed by atoms with E-state index in [1.807, 2.05) is 30.3 Å². The molecular formula is C16H14N2O2. The maximum Gasteiger partial charge on any atom is 0.237 e. The minimum Gasteiger partial charge on any atom is -0.274 e. The molecule has 4 heteroatoms. The molecule has 3 rings (SSSR count). The van der Waals surface area contributed by atoms with Crippen LogP contribution in [-0.4, -0.2) is 16.8 Å². The van der Waals surface area contributed by atoms with Crippen molar-refractivity contribution in [2.24, 2.45) is 5.92 Å². The lowest BCUT2D eigenvalue weighted by Crippen LogP contribution is -2.30. The highest BCUT2D eigenvalue weighted by molar-refractivity contribution is 6.20. The summed E-state index contributed by atoms with van der Waals surface area (Å²) in [6.45, 7) is 0. The molecule has 1 aromatic carbocycles. The fourth-order valence-electron chi connectivity index (χ4n) is 2.51. The lowest BCUT2D eigenvalue weighted by molar-refractivity contribution is -0.122. The first-order valence-electron chi connectivity index (χ1n) is 6.56. The normalized spacial score (nSPS) is 18.6. The minimum absolute atomic E-state index is 0.113. The Hall–Kier alpha value is -2.49. The molecule has 20 heavy (non-hydrogen) atoms. The van der Waals surface area contributed by atoms with Crippen LogP contribution >= 0.6 is 0 Å². The standard InChI is InChI=1S/C16H14N2O2/c19-15-11-13(10-12-6-8-17-9-7-12)16(20)18(15)14-4-2-1-3-5-14/h1-9,13H,10-11H2. The van der Waals surface area contributed by atoms with Crippen LogP contribution in [0.25, 0.3) is 0 Å². The third kappa shape index (κ3) is 2.32. The predicted molar refractivity (Wildman–Crippen MR) is 75.0 cm³/mol. The number of anilines is 1. The molecule has 0 saturated carbocycles. The fraction of sp³-hybridized carbons (Fsp3) is 0.188. The van der Waals surface area contributed by atoms with Crippen LogP contribution in [0.2, 0.25) is 0 Å². The van der Waals surface area contributed by atoms with Crippen LogP contribution in [0.1, 0.15) is 12.0 Å². The Balaban J connectivity index is 1.81. The van der Waals surface area contributed by atoms with Crippen molar-refractivity contribution >= 4 is 17.5 Å². The number of rotatable bonds is 3. The molecule has 1 aliphatic heterocycles. The zero-order valence-electron chi connectivity index (χ0n) is 10.9. The molecule has 100 valence electrons. The molecule has 1 unspecified atom stereocenters. The van der Waals surface area contributed by atoms with Gasteiger partial charge in [0.25, 0.3) is 0 Å². The third-order valence-corrected chi connectivity index (χ3v) is 3.49. The number of pyridine rings is 1. The van der Waals surface area contributed by atoms with Gasteiger partial charge in [0.1, 0.15) is 0 Å². The lowest BCUT2D eigenvalue weighted by atomic mass is 9.99. The summed E-state index contributed by atoms with van der Waals surface area (Å²) in [7, 11) is 0. The number of carbonyl (C=O) groups excluding carboxylic acids is 2. The molecule has 1 aromatic heterocycles. The van der Waals surface area contributed by atoms with Crippen molar-refractivity contribution in [1.29, 1.82) is 0 Å². The molecule has 0 N–H and O–H groups in total. The van der Waals surface area contributed by atoms with E-state index in [1.54, 1.807) is 24.5 Å². The molecule has 0 spiro atoms. The molecule has 2 heterocycles. The van der Waals surface area contributed by atoms with Crippen molar-refractivity contribution < 1.29 is 9.59 Å². The average molecular weight is 266 g/mol. The second kappa shape index (κ2) is 5.25. The van der Waals surface area contributed by atoms with E-state index in [0.29, 0.717) is 12.1 Å². The monoisotopic (exact) mass is 266 g/mol. The summed E-state index contributed by atoms with van der Waals surface area (Å²) in [6, 6.07) is 12.8. The zero-order chi connectivity index (χ0) is 13.9. The highest BCUT2D eigenvalue weighted by atomic mass is 16.2. The van der Waals surface area contributed by atoms with Gasteiger partial charge in [-0.05, 0) is 36.2 Å². The molecule has 1 aliphatic rings. The van der Waals surface area contributed by atoms with E-state index in [-0.39, 0.29) is 24.2 Å². The summed E-state index contributed by atoms with van der Waals surface area (Å²) in [6.07, 6.45) is 4.25. The molecule has 1 atom stereocenters. The van der Waals surface area contributed by atoms with Crippen LogP contribution in [0, 0.1) is 5.92 Å². The Kier molecular flexibility index (Phi) is 3.29. The maximum absolute atomic E-state index is 12.4. The first kappa shape index (κ1) is 12.5. The quantitative estimate of drug-likeness (QED) is 0.800. The van der Waals surface area contributed by atoms with E-state index >= 15 is 0 Å². The van der Waals surface area contributed by atoms with Crippen molar-refractivity contribution in [3.63, 3.8) is 0 Å². The lowest BCUT2D eigenvalue weighted by Gasteiger charge is -2.14. The first-order chi connectivity index (χ1) is 9.75. The molecule has 0 radical (unpaired) electrons. The number of carbonyl (C=O) groups is 2. The van der Waals surface area contributed by atoms with Crippen LogP contribution in [0.3, 0.4) is 0 Å². The Morgan fingerprint density at radius 1 is 1.05 bits per heavy atom. The van der Waals surface area contributed by atoms with Gasteiger partial charge >= 0.3 is 0 Å². The molecule has 2 aromatic rings. The van der Waals surface area contributed by atoms with E-state index in [4.69, 9.17) is 0 Å². The zero-order valence-corrected chi connectivity index (χ0v) is 10.9. The fourth-order valence-corrected chi connectivity index (χ4v) is 2.51. The van der Waals surface area contributed by atoms with Gasteiger partial charge in [0.2, 0.25) is 11.8 Å². The molecule has 0 aliphatic carbocycles. The Morgan fingerprint density at radius 3 is 2.45 bits per heavy atom. The van der Waals surface area contributed by atoms with E-state index in [1.165, 1.54) is 4.90 Å². The first-order valence-corrected chi connectivity index (χ1v) is 6.56. The van der Waals surface area contributed by atoms with Crippen molar-refractivity contribution in [2.75, 3.05) is 4.90 Å². The molecule has 1 saturated heterocycles. The van der Waals surface area contributed by atoms with Crippen molar-refractivity contribution in [2.45, 2.75) is 12.8 Å². The van der Waals surface area contributed by atoms with Gasteiger partial charge in [-0.1, -0.05) is 18.2 Å². The molecular weight excluding hydrogens is 252 g/mol. The van der Waals surface area contributed by atoms with Gasteiger partial charge in [0, 0.05) is 18.8 Å². The van der Waals surface area contributed by atoms with Gasteiger partial charge < -0.3 is 0 Å². The number of hydrogen-bond donors (Lipinski definition) is 0. The highest BCUT2D eigenvalue weighted by Crippen LogP contribution is 2.28. The number of amides is 2. The average Bonchev–Trinajstić information content (AvgIpc) is 2.75. The number of nitrogens with zero attached hydrogens (tertiary/aromatic N) is 2. The number of aromatic nitrogens is 1. The van der Waals surface area contributed by atoms with Crippen LogP contribution in [0.4, 0.5) is 5.69 Å². The van der Waals surface area contributed by atoms with E-state index in [9.17, 15) is 9.59 Å². The highest BCUT2D eigenvalue weighted by Gasteiger charge is 2.39. The molecule has 2 amide bonds. The molecule has 4 nitrogen and oxygen atoms in total. The van der Waals surface area contributed by atoms with Gasteiger partial charge in [-0.2, -0.15) is 0 Å². The van der Waals surface area contributed by atoms with Crippen molar-refractivity contribution in [1.82, 2.24) is 4.98 Å². The summed E-state index contributed by atoms with van der Waals surface area (Å²) >= 11 is 0. The van der Waals surface area contributed by atoms with Crippen LogP contribution in [0.15, 0.2) is 54.9 Å². The Morgan fingerprint density at radius 2 is 1.75 bits per heavy atom. The number of para-hydroxylation sites is 1. The summed E-state index contributed by atoms with van der Waals surface area (Å²) < 4.78 is 0. The van der Waals surface area contributed by atoms with Gasteiger partial charge in [0.15, 0.2) is 0 Å². The Bertz CT molecular complexity index is 625. The van der Waals surface area contributed by atoms with Gasteiger partial charge in [-0.25, -0.2) is 0 Å². The summed E-state index contributed by atoms with van der Waals surface area (Å²) in [5.74, 6) is -0.511. The SMILES string of the molecule is O=C1CC(Cc2ccncc2)C(=O)N1c1ccccc1. The van der Waals surface area contributed by atoms with E-state index < -0.39 is 0 Å². The van der Waals surface area contributed by atoms with E-state index in [2.05, 4.69) is 4.98 Å². The second-order valence-corrected chi connectivity index (χ2v) is 4.86. The van der Waals surface area contributed by atoms with Crippen LogP contribution in [0.5, 0.6) is 0 Å². The summed E-state index contributed by atoms with van der Waals surface area (Å²) in [5.41, 5.74) is 1.68. The van der Waals surface area contributed by atoms with Crippen molar-refractivity contribution in [3.05, 3.63) is 60.4 Å². The maximum atomic E-state index is 12.4. The summed E-state index contributed by atoms with van der Waals surface area (Å²) in [5, 5.41) is 0. The van der Waals surface area contributed by atoms with Gasteiger partial charge in [-0.3, -0.25) is 19.5 Å². The predicted octanol–water partition coefficient (Wildman–Crippen LogP) is 2.20. The Labute approximate surface area is 117 Å². The molecule has 1 fully saturated rings. The molecule has 0 bridgehead atoms. The number of benzene rings is 1. The number of hydrogen-bond acceptors (Lipinski definition) is 3. The van der Waals surface area contributed by atoms with Crippen LogP contribution in [-0.2, 0) is 16.0 Å². The topological polar surface area (TPSA) is 50.3 Å².